The number of ether oxygens (including phenoxy) is 1. The number of carbonyl (C=O) groups excluding carboxylic acids is 2. The fraction of sp³-hybridized carbons (Fsp3) is 0.333. The molecule has 0 bridgehead atoms. The molecule has 0 saturated heterocycles. The lowest BCUT2D eigenvalue weighted by molar-refractivity contribution is -0.385. The molecule has 12 heteroatoms. The number of esters is 1. The largest absolute Gasteiger partial charge is 0.463 e. The summed E-state index contributed by atoms with van der Waals surface area (Å²) >= 11 is 5.82. The van der Waals surface area contributed by atoms with Crippen LogP contribution in [0.15, 0.2) is 53.4 Å². The van der Waals surface area contributed by atoms with Crippen LogP contribution in [-0.4, -0.2) is 37.9 Å². The summed E-state index contributed by atoms with van der Waals surface area (Å²) in [6.07, 6.45) is -1.00. The van der Waals surface area contributed by atoms with Crippen molar-refractivity contribution in [1.29, 1.82) is 0 Å². The number of nitrogens with one attached hydrogen (secondary N) is 2. The van der Waals surface area contributed by atoms with Crippen molar-refractivity contribution in [2.24, 2.45) is 0 Å². The van der Waals surface area contributed by atoms with Gasteiger partial charge in [0.05, 0.1) is 33.9 Å². The quantitative estimate of drug-likeness (QED) is 0.275. The van der Waals surface area contributed by atoms with Crippen LogP contribution in [0.1, 0.15) is 38.3 Å². The number of para-hydroxylation sites is 1. The van der Waals surface area contributed by atoms with Crippen molar-refractivity contribution in [3.63, 3.8) is 0 Å². The normalized spacial score (nSPS) is 12.2. The van der Waals surface area contributed by atoms with Crippen molar-refractivity contribution < 1.29 is 27.7 Å². The number of amides is 1. The van der Waals surface area contributed by atoms with E-state index in [0.717, 1.165) is 0 Å². The van der Waals surface area contributed by atoms with Gasteiger partial charge in [-0.3, -0.25) is 19.7 Å². The summed E-state index contributed by atoms with van der Waals surface area (Å²) in [5.41, 5.74) is -0.127. The minimum atomic E-state index is -3.89. The molecule has 2 aromatic carbocycles. The summed E-state index contributed by atoms with van der Waals surface area (Å²) in [7, 11) is -3.89. The number of sulfonamides is 1. The zero-order chi connectivity index (χ0) is 24.6. The molecule has 0 aliphatic heterocycles. The molecule has 0 radical (unpaired) electrons. The van der Waals surface area contributed by atoms with Gasteiger partial charge in [-0.2, -0.15) is 0 Å². The Labute approximate surface area is 196 Å². The molecule has 0 saturated carbocycles. The fourth-order valence-electron chi connectivity index (χ4n) is 2.95. The molecule has 0 heterocycles. The summed E-state index contributed by atoms with van der Waals surface area (Å²) in [5, 5.41) is 14.2. The number of benzene rings is 2. The maximum atomic E-state index is 12.5. The van der Waals surface area contributed by atoms with Crippen molar-refractivity contribution >= 4 is 39.2 Å². The number of rotatable bonds is 11. The summed E-state index contributed by atoms with van der Waals surface area (Å²) in [5.74, 6) is -1.25. The van der Waals surface area contributed by atoms with Crippen LogP contribution in [-0.2, 0) is 24.3 Å². The lowest BCUT2D eigenvalue weighted by Gasteiger charge is -2.19. The van der Waals surface area contributed by atoms with E-state index in [0.29, 0.717) is 0 Å². The first kappa shape index (κ1) is 26.2. The smallest absolute Gasteiger partial charge is 0.308 e. The van der Waals surface area contributed by atoms with E-state index in [4.69, 9.17) is 16.3 Å². The average molecular weight is 498 g/mol. The van der Waals surface area contributed by atoms with Gasteiger partial charge in [-0.15, -0.1) is 0 Å². The standard InChI is InChI=1S/C21H24ClN3O7S/c1-14(2)32-21(27)13-18(17-8-3-4-9-19(17)25(28)29)24-20(26)10-11-23-33(30,31)16-7-5-6-15(22)12-16/h3-9,12,14,18,23H,10-11,13H2,1-2H3,(H,24,26). The predicted molar refractivity (Wildman–Crippen MR) is 121 cm³/mol. The maximum absolute atomic E-state index is 12.5. The second-order valence-electron chi connectivity index (χ2n) is 7.28. The Morgan fingerprint density at radius 1 is 1.15 bits per heavy atom. The van der Waals surface area contributed by atoms with E-state index in [2.05, 4.69) is 10.0 Å². The van der Waals surface area contributed by atoms with Gasteiger partial charge in [0.1, 0.15) is 0 Å². The van der Waals surface area contributed by atoms with Crippen LogP contribution in [0, 0.1) is 10.1 Å². The molecule has 10 nitrogen and oxygen atoms in total. The average Bonchev–Trinajstić information content (AvgIpc) is 2.72. The van der Waals surface area contributed by atoms with Gasteiger partial charge in [0.2, 0.25) is 15.9 Å². The zero-order valence-electron chi connectivity index (χ0n) is 18.0. The number of hydrogen-bond acceptors (Lipinski definition) is 7. The van der Waals surface area contributed by atoms with Crippen LogP contribution in [0.2, 0.25) is 5.02 Å². The molecule has 33 heavy (non-hydrogen) atoms. The van der Waals surface area contributed by atoms with Crippen molar-refractivity contribution in [1.82, 2.24) is 10.0 Å². The highest BCUT2D eigenvalue weighted by molar-refractivity contribution is 7.89. The van der Waals surface area contributed by atoms with E-state index in [1.54, 1.807) is 19.9 Å². The van der Waals surface area contributed by atoms with E-state index < -0.39 is 39.0 Å². The number of hydrogen-bond donors (Lipinski definition) is 2. The molecule has 0 aliphatic carbocycles. The monoisotopic (exact) mass is 497 g/mol. The molecule has 0 aromatic heterocycles. The lowest BCUT2D eigenvalue weighted by Crippen LogP contribution is -2.34. The number of halogens is 1. The van der Waals surface area contributed by atoms with Crippen LogP contribution in [0.25, 0.3) is 0 Å². The molecule has 2 N–H and O–H groups in total. The Morgan fingerprint density at radius 3 is 2.48 bits per heavy atom. The molecule has 1 amide bonds. The Hall–Kier alpha value is -3.02. The summed E-state index contributed by atoms with van der Waals surface area (Å²) in [6.45, 7) is 3.08. The van der Waals surface area contributed by atoms with Crippen LogP contribution in [0.3, 0.4) is 0 Å². The molecule has 2 aromatic rings. The second-order valence-corrected chi connectivity index (χ2v) is 9.49. The molecular weight excluding hydrogens is 474 g/mol. The number of nitro benzene ring substituents is 1. The van der Waals surface area contributed by atoms with Crippen LogP contribution < -0.4 is 10.0 Å². The Bertz CT molecular complexity index is 1120. The molecular formula is C21H24ClN3O7S. The van der Waals surface area contributed by atoms with E-state index in [1.807, 2.05) is 0 Å². The van der Waals surface area contributed by atoms with E-state index >= 15 is 0 Å². The first-order valence-electron chi connectivity index (χ1n) is 9.97. The van der Waals surface area contributed by atoms with Gasteiger partial charge in [0.15, 0.2) is 0 Å². The van der Waals surface area contributed by atoms with Gasteiger partial charge < -0.3 is 10.1 Å². The van der Waals surface area contributed by atoms with Gasteiger partial charge in [-0.1, -0.05) is 35.9 Å². The van der Waals surface area contributed by atoms with E-state index in [1.165, 1.54) is 42.5 Å². The number of carbonyl (C=O) groups is 2. The SMILES string of the molecule is CC(C)OC(=O)CC(NC(=O)CCNS(=O)(=O)c1cccc(Cl)c1)c1ccccc1[N+](=O)[O-]. The van der Waals surface area contributed by atoms with Crippen molar-refractivity contribution in [2.45, 2.75) is 43.7 Å². The van der Waals surface area contributed by atoms with Crippen LogP contribution >= 0.6 is 11.6 Å². The van der Waals surface area contributed by atoms with Gasteiger partial charge in [0, 0.05) is 24.1 Å². The van der Waals surface area contributed by atoms with Crippen molar-refractivity contribution in [3.05, 3.63) is 69.2 Å². The van der Waals surface area contributed by atoms with E-state index in [-0.39, 0.29) is 40.6 Å². The molecule has 0 aliphatic rings. The van der Waals surface area contributed by atoms with E-state index in [9.17, 15) is 28.1 Å². The van der Waals surface area contributed by atoms with Crippen molar-refractivity contribution in [3.8, 4) is 0 Å². The zero-order valence-corrected chi connectivity index (χ0v) is 19.6. The minimum Gasteiger partial charge on any atom is -0.463 e. The Kier molecular flexibility index (Phi) is 9.32. The van der Waals surface area contributed by atoms with Crippen LogP contribution in [0.4, 0.5) is 5.69 Å². The first-order chi connectivity index (χ1) is 15.5. The highest BCUT2D eigenvalue weighted by atomic mass is 35.5. The Morgan fingerprint density at radius 2 is 1.85 bits per heavy atom. The third-order valence-corrected chi connectivity index (χ3v) is 6.03. The summed E-state index contributed by atoms with van der Waals surface area (Å²) in [6, 6.07) is 10.3. The predicted octanol–water partition coefficient (Wildman–Crippen LogP) is 3.12. The summed E-state index contributed by atoms with van der Waals surface area (Å²) in [4.78, 5) is 35.4. The Balaban J connectivity index is 2.10. The third kappa shape index (κ3) is 8.12. The molecule has 1 unspecified atom stereocenters. The molecule has 1 atom stereocenters. The van der Waals surface area contributed by atoms with Crippen LogP contribution in [0.5, 0.6) is 0 Å². The fourth-order valence-corrected chi connectivity index (χ4v) is 4.28. The highest BCUT2D eigenvalue weighted by Gasteiger charge is 2.26. The topological polar surface area (TPSA) is 145 Å². The second kappa shape index (κ2) is 11.7. The van der Waals surface area contributed by atoms with Crippen molar-refractivity contribution in [2.75, 3.05) is 6.54 Å². The number of nitro groups is 1. The molecule has 2 rings (SSSR count). The molecule has 178 valence electrons. The third-order valence-electron chi connectivity index (χ3n) is 4.33. The first-order valence-corrected chi connectivity index (χ1v) is 11.8. The summed E-state index contributed by atoms with van der Waals surface area (Å²) < 4.78 is 32.1. The molecule has 0 spiro atoms. The highest BCUT2D eigenvalue weighted by Crippen LogP contribution is 2.27. The minimum absolute atomic E-state index is 0.0513. The van der Waals surface area contributed by atoms with Gasteiger partial charge in [-0.25, -0.2) is 13.1 Å². The van der Waals surface area contributed by atoms with Gasteiger partial charge >= 0.3 is 5.97 Å². The number of nitrogens with zero attached hydrogens (tertiary/aromatic N) is 1. The van der Waals surface area contributed by atoms with Gasteiger partial charge in [0.25, 0.3) is 5.69 Å². The maximum Gasteiger partial charge on any atom is 0.308 e. The lowest BCUT2D eigenvalue weighted by atomic mass is 10.0. The van der Waals surface area contributed by atoms with Gasteiger partial charge in [-0.05, 0) is 32.0 Å². The molecule has 0 fully saturated rings.